The first-order chi connectivity index (χ1) is 19.9. The number of anilines is 1. The van der Waals surface area contributed by atoms with Gasteiger partial charge in [-0.1, -0.05) is 44.2 Å². The Hall–Kier alpha value is -4.31. The zero-order valence-corrected chi connectivity index (χ0v) is 24.9. The smallest absolute Gasteiger partial charge is 0.407 e. The molecule has 1 N–H and O–H groups in total. The number of benzene rings is 1. The molecule has 0 spiro atoms. The van der Waals surface area contributed by atoms with Crippen LogP contribution in [0.3, 0.4) is 0 Å². The Bertz CT molecular complexity index is 1790. The lowest BCUT2D eigenvalue weighted by molar-refractivity contribution is 0.114. The molecule has 1 aliphatic heterocycles. The summed E-state index contributed by atoms with van der Waals surface area (Å²) in [7, 11) is 0. The van der Waals surface area contributed by atoms with E-state index < -0.39 is 17.6 Å². The van der Waals surface area contributed by atoms with Gasteiger partial charge < -0.3 is 14.9 Å². The van der Waals surface area contributed by atoms with Crippen LogP contribution in [0.25, 0.3) is 34.1 Å². The maximum Gasteiger partial charge on any atom is 0.407 e. The van der Waals surface area contributed by atoms with Gasteiger partial charge in [-0.25, -0.2) is 23.5 Å². The molecule has 3 aromatic heterocycles. The first-order valence-electron chi connectivity index (χ1n) is 13.7. The molecule has 0 saturated carbocycles. The predicted octanol–water partition coefficient (Wildman–Crippen LogP) is 6.29. The average molecular weight is 591 g/mol. The molecule has 218 valence electrons. The Kier molecular flexibility index (Phi) is 7.76. The summed E-state index contributed by atoms with van der Waals surface area (Å²) in [6, 6.07) is 9.02. The molecule has 0 bridgehead atoms. The van der Waals surface area contributed by atoms with Crippen LogP contribution in [0.15, 0.2) is 47.8 Å². The molecule has 1 fully saturated rings. The quantitative estimate of drug-likeness (QED) is 0.291. The molecule has 1 aromatic carbocycles. The Balaban J connectivity index is 1.86. The van der Waals surface area contributed by atoms with E-state index in [1.54, 1.807) is 30.3 Å². The normalized spacial score (nSPS) is 17.2. The number of carboxylic acid groups (broad SMARTS) is 1. The van der Waals surface area contributed by atoms with E-state index in [4.69, 9.17) is 21.6 Å². The molecule has 1 amide bonds. The molecule has 9 nitrogen and oxygen atoms in total. The Morgan fingerprint density at radius 1 is 1.14 bits per heavy atom. The van der Waals surface area contributed by atoms with Crippen LogP contribution < -0.4 is 10.6 Å². The monoisotopic (exact) mass is 590 g/mol. The first kappa shape index (κ1) is 29.2. The van der Waals surface area contributed by atoms with E-state index >= 15 is 0 Å². The van der Waals surface area contributed by atoms with Gasteiger partial charge in [-0.2, -0.15) is 4.98 Å². The molecule has 1 saturated heterocycles. The van der Waals surface area contributed by atoms with Crippen molar-refractivity contribution in [3.05, 3.63) is 81.3 Å². The number of aryl methyl sites for hydroxylation is 1. The highest BCUT2D eigenvalue weighted by atomic mass is 35.5. The molecule has 2 unspecified atom stereocenters. The van der Waals surface area contributed by atoms with Crippen LogP contribution >= 0.6 is 11.6 Å². The topological polar surface area (TPSA) is 104 Å². The second kappa shape index (κ2) is 11.2. The average Bonchev–Trinajstić information content (AvgIpc) is 2.94. The van der Waals surface area contributed by atoms with E-state index in [1.807, 2.05) is 45.6 Å². The molecular weight excluding hydrogens is 559 g/mol. The van der Waals surface area contributed by atoms with Crippen molar-refractivity contribution in [2.45, 2.75) is 52.6 Å². The van der Waals surface area contributed by atoms with Crippen molar-refractivity contribution >= 4 is 40.6 Å². The van der Waals surface area contributed by atoms with Gasteiger partial charge in [0.15, 0.2) is 5.65 Å². The minimum atomic E-state index is -1.01. The van der Waals surface area contributed by atoms with Crippen LogP contribution in [0.1, 0.15) is 50.6 Å². The number of nitrogens with zero attached hydrogens (tertiary/aromatic N) is 6. The van der Waals surface area contributed by atoms with Crippen molar-refractivity contribution in [3.8, 4) is 16.9 Å². The molecule has 2 atom stereocenters. The van der Waals surface area contributed by atoms with E-state index in [-0.39, 0.29) is 46.5 Å². The van der Waals surface area contributed by atoms with Gasteiger partial charge >= 0.3 is 11.8 Å². The van der Waals surface area contributed by atoms with Crippen LogP contribution in [0.2, 0.25) is 5.02 Å². The van der Waals surface area contributed by atoms with E-state index in [2.05, 4.69) is 11.6 Å². The lowest BCUT2D eigenvalue weighted by Crippen LogP contribution is -2.58. The second-order valence-corrected chi connectivity index (χ2v) is 11.4. The minimum absolute atomic E-state index is 0.0662. The highest BCUT2D eigenvalue weighted by Gasteiger charge is 2.34. The highest BCUT2D eigenvalue weighted by Crippen LogP contribution is 2.36. The molecular formula is C31H32ClFN6O3. The number of hydrogen-bond acceptors (Lipinski definition) is 6. The molecule has 11 heteroatoms. The SMILES string of the molecule is C=Cc1cc(C)c(-n2c(=O)nc(N3CC(C)N(C(=O)O)CC3C)c3cc(Cl)c(-c4ccccc4F)nc32)c(C(C)C)n1. The molecule has 0 aliphatic carbocycles. The highest BCUT2D eigenvalue weighted by molar-refractivity contribution is 6.33. The van der Waals surface area contributed by atoms with Gasteiger partial charge in [-0.05, 0) is 62.6 Å². The summed E-state index contributed by atoms with van der Waals surface area (Å²) in [4.78, 5) is 43.3. The molecule has 4 heterocycles. The number of hydrogen-bond donors (Lipinski definition) is 1. The minimum Gasteiger partial charge on any atom is -0.465 e. The van der Waals surface area contributed by atoms with Crippen molar-refractivity contribution in [2.24, 2.45) is 0 Å². The van der Waals surface area contributed by atoms with Gasteiger partial charge in [0.2, 0.25) is 0 Å². The number of pyridine rings is 2. The summed E-state index contributed by atoms with van der Waals surface area (Å²) < 4.78 is 16.4. The first-order valence-corrected chi connectivity index (χ1v) is 14.1. The summed E-state index contributed by atoms with van der Waals surface area (Å²) in [5, 5.41) is 10.3. The number of piperazine rings is 1. The number of aromatic nitrogens is 4. The van der Waals surface area contributed by atoms with Crippen LogP contribution in [0.4, 0.5) is 15.0 Å². The van der Waals surface area contributed by atoms with E-state index in [0.717, 1.165) is 5.56 Å². The number of rotatable bonds is 5. The lowest BCUT2D eigenvalue weighted by atomic mass is 10.0. The van der Waals surface area contributed by atoms with Crippen molar-refractivity contribution in [3.63, 3.8) is 0 Å². The van der Waals surface area contributed by atoms with Crippen molar-refractivity contribution in [2.75, 3.05) is 18.0 Å². The van der Waals surface area contributed by atoms with Gasteiger partial charge in [-0.3, -0.25) is 4.98 Å². The lowest BCUT2D eigenvalue weighted by Gasteiger charge is -2.43. The third kappa shape index (κ3) is 5.00. The van der Waals surface area contributed by atoms with E-state index in [1.165, 1.54) is 15.5 Å². The fourth-order valence-corrected chi connectivity index (χ4v) is 5.82. The van der Waals surface area contributed by atoms with Crippen molar-refractivity contribution in [1.82, 2.24) is 24.4 Å². The second-order valence-electron chi connectivity index (χ2n) is 11.0. The summed E-state index contributed by atoms with van der Waals surface area (Å²) in [6.45, 7) is 13.9. The molecule has 0 radical (unpaired) electrons. The number of amides is 1. The van der Waals surface area contributed by atoms with Crippen molar-refractivity contribution < 1.29 is 14.3 Å². The summed E-state index contributed by atoms with van der Waals surface area (Å²) in [6.07, 6.45) is 0.645. The standard InChI is InChI=1S/C31H32ClFN6O3/c1-7-20-12-17(4)27(25(34-20)16(2)3)39-29-22(13-23(32)26(35-29)21-10-8-9-11-24(21)33)28(36-30(39)40)37-14-19(6)38(31(41)42)15-18(37)5/h7-13,16,18-19H,1,14-15H2,2-6H3,(H,41,42). The third-order valence-corrected chi connectivity index (χ3v) is 7.93. The Morgan fingerprint density at radius 3 is 2.50 bits per heavy atom. The zero-order chi connectivity index (χ0) is 30.5. The van der Waals surface area contributed by atoms with Gasteiger partial charge in [0, 0.05) is 30.7 Å². The van der Waals surface area contributed by atoms with E-state index in [9.17, 15) is 19.1 Å². The predicted molar refractivity (Wildman–Crippen MR) is 163 cm³/mol. The van der Waals surface area contributed by atoms with E-state index in [0.29, 0.717) is 34.8 Å². The number of carbonyl (C=O) groups is 1. The molecule has 4 aromatic rings. The summed E-state index contributed by atoms with van der Waals surface area (Å²) in [5.74, 6) is -0.231. The molecule has 42 heavy (non-hydrogen) atoms. The maximum atomic E-state index is 15.0. The number of halogens is 2. The van der Waals surface area contributed by atoms with Crippen LogP contribution in [-0.2, 0) is 0 Å². The number of fused-ring (bicyclic) bond motifs is 1. The van der Waals surface area contributed by atoms with Gasteiger partial charge in [0.1, 0.15) is 11.6 Å². The van der Waals surface area contributed by atoms with Gasteiger partial charge in [0.05, 0.1) is 33.2 Å². The Morgan fingerprint density at radius 2 is 1.86 bits per heavy atom. The largest absolute Gasteiger partial charge is 0.465 e. The van der Waals surface area contributed by atoms with Crippen LogP contribution in [0, 0.1) is 12.7 Å². The van der Waals surface area contributed by atoms with Crippen LogP contribution in [-0.4, -0.2) is 60.8 Å². The fourth-order valence-electron chi connectivity index (χ4n) is 5.57. The van der Waals surface area contributed by atoms with Crippen molar-refractivity contribution in [1.29, 1.82) is 0 Å². The van der Waals surface area contributed by atoms with Gasteiger partial charge in [-0.15, -0.1) is 0 Å². The third-order valence-electron chi connectivity index (χ3n) is 7.64. The summed E-state index contributed by atoms with van der Waals surface area (Å²) >= 11 is 6.77. The van der Waals surface area contributed by atoms with Crippen LogP contribution in [0.5, 0.6) is 0 Å². The maximum absolute atomic E-state index is 15.0. The Labute approximate surface area is 247 Å². The molecule has 1 aliphatic rings. The molecule has 5 rings (SSSR count). The zero-order valence-electron chi connectivity index (χ0n) is 24.1. The summed E-state index contributed by atoms with van der Waals surface area (Å²) in [5.41, 5.74) is 2.66. The van der Waals surface area contributed by atoms with Gasteiger partial charge in [0.25, 0.3) is 0 Å². The fraction of sp³-hybridized carbons (Fsp3) is 0.323.